The van der Waals surface area contributed by atoms with E-state index in [9.17, 15) is 0 Å². The quantitative estimate of drug-likeness (QED) is 0.723. The SMILES string of the molecule is COC1CCCN(CCCCNC(C)(C)C)C1. The molecule has 0 aliphatic carbocycles. The maximum absolute atomic E-state index is 5.44. The Labute approximate surface area is 107 Å². The van der Waals surface area contributed by atoms with Crippen LogP contribution in [0.4, 0.5) is 0 Å². The van der Waals surface area contributed by atoms with Gasteiger partial charge in [-0.2, -0.15) is 0 Å². The predicted molar refractivity (Wildman–Crippen MR) is 73.5 cm³/mol. The van der Waals surface area contributed by atoms with Gasteiger partial charge in [-0.05, 0) is 66.1 Å². The van der Waals surface area contributed by atoms with Crippen molar-refractivity contribution >= 4 is 0 Å². The summed E-state index contributed by atoms with van der Waals surface area (Å²) in [6, 6.07) is 0. The van der Waals surface area contributed by atoms with Crippen LogP contribution in [0.3, 0.4) is 0 Å². The van der Waals surface area contributed by atoms with Gasteiger partial charge in [0.05, 0.1) is 6.10 Å². The minimum Gasteiger partial charge on any atom is -0.380 e. The van der Waals surface area contributed by atoms with Crippen molar-refractivity contribution in [2.45, 2.75) is 58.1 Å². The van der Waals surface area contributed by atoms with Crippen LogP contribution in [-0.4, -0.2) is 49.8 Å². The Bertz CT molecular complexity index is 201. The Hall–Kier alpha value is -0.120. The van der Waals surface area contributed by atoms with Gasteiger partial charge in [0.1, 0.15) is 0 Å². The van der Waals surface area contributed by atoms with Gasteiger partial charge in [0.15, 0.2) is 0 Å². The van der Waals surface area contributed by atoms with Gasteiger partial charge in [-0.3, -0.25) is 0 Å². The van der Waals surface area contributed by atoms with Gasteiger partial charge in [0.2, 0.25) is 0 Å². The summed E-state index contributed by atoms with van der Waals surface area (Å²) >= 11 is 0. The number of rotatable bonds is 6. The molecule has 0 aromatic heterocycles. The fourth-order valence-corrected chi connectivity index (χ4v) is 2.33. The molecule has 3 nitrogen and oxygen atoms in total. The number of unbranched alkanes of at least 4 members (excludes halogenated alkanes) is 1. The van der Waals surface area contributed by atoms with E-state index in [1.807, 2.05) is 7.11 Å². The van der Waals surface area contributed by atoms with E-state index >= 15 is 0 Å². The minimum atomic E-state index is 0.256. The van der Waals surface area contributed by atoms with Crippen molar-refractivity contribution in [3.63, 3.8) is 0 Å². The Kier molecular flexibility index (Phi) is 6.45. The largest absolute Gasteiger partial charge is 0.380 e. The fourth-order valence-electron chi connectivity index (χ4n) is 2.33. The van der Waals surface area contributed by atoms with Crippen LogP contribution in [0.25, 0.3) is 0 Å². The van der Waals surface area contributed by atoms with E-state index in [1.54, 1.807) is 0 Å². The molecule has 1 saturated heterocycles. The summed E-state index contributed by atoms with van der Waals surface area (Å²) in [5, 5.41) is 3.54. The van der Waals surface area contributed by atoms with Crippen LogP contribution in [0.15, 0.2) is 0 Å². The molecule has 1 rings (SSSR count). The number of hydrogen-bond acceptors (Lipinski definition) is 3. The lowest BCUT2D eigenvalue weighted by Crippen LogP contribution is -2.40. The summed E-state index contributed by atoms with van der Waals surface area (Å²) in [4.78, 5) is 2.55. The molecular weight excluding hydrogens is 212 g/mol. The van der Waals surface area contributed by atoms with Gasteiger partial charge in [-0.25, -0.2) is 0 Å². The minimum absolute atomic E-state index is 0.256. The van der Waals surface area contributed by atoms with E-state index in [1.165, 1.54) is 38.8 Å². The molecule has 0 amide bonds. The van der Waals surface area contributed by atoms with Crippen molar-refractivity contribution in [2.24, 2.45) is 0 Å². The maximum Gasteiger partial charge on any atom is 0.0698 e. The van der Waals surface area contributed by atoms with Crippen LogP contribution in [0.1, 0.15) is 46.5 Å². The molecule has 1 fully saturated rings. The van der Waals surface area contributed by atoms with Crippen molar-refractivity contribution in [1.82, 2.24) is 10.2 Å². The topological polar surface area (TPSA) is 24.5 Å². The van der Waals surface area contributed by atoms with Crippen LogP contribution >= 0.6 is 0 Å². The molecule has 1 N–H and O–H groups in total. The zero-order chi connectivity index (χ0) is 12.7. The highest BCUT2D eigenvalue weighted by molar-refractivity contribution is 4.73. The van der Waals surface area contributed by atoms with E-state index in [0.29, 0.717) is 6.10 Å². The molecule has 102 valence electrons. The number of likely N-dealkylation sites (tertiary alicyclic amines) is 1. The third-order valence-electron chi connectivity index (χ3n) is 3.35. The summed E-state index contributed by atoms with van der Waals surface area (Å²) in [7, 11) is 1.83. The first kappa shape index (κ1) is 14.9. The van der Waals surface area contributed by atoms with Crippen LogP contribution < -0.4 is 5.32 Å². The van der Waals surface area contributed by atoms with Crippen molar-refractivity contribution in [3.8, 4) is 0 Å². The summed E-state index contributed by atoms with van der Waals surface area (Å²) in [6.07, 6.45) is 5.55. The Morgan fingerprint density at radius 1 is 1.29 bits per heavy atom. The second kappa shape index (κ2) is 7.34. The highest BCUT2D eigenvalue weighted by atomic mass is 16.5. The average Bonchev–Trinajstić information content (AvgIpc) is 2.27. The summed E-state index contributed by atoms with van der Waals surface area (Å²) in [5.41, 5.74) is 0.256. The summed E-state index contributed by atoms with van der Waals surface area (Å²) in [6.45, 7) is 11.4. The first-order chi connectivity index (χ1) is 8.01. The van der Waals surface area contributed by atoms with Gasteiger partial charge in [0.25, 0.3) is 0 Å². The molecule has 1 unspecified atom stereocenters. The van der Waals surface area contributed by atoms with Gasteiger partial charge in [0, 0.05) is 19.2 Å². The number of methoxy groups -OCH3 is 1. The Morgan fingerprint density at radius 2 is 2.06 bits per heavy atom. The van der Waals surface area contributed by atoms with Gasteiger partial charge in [-0.1, -0.05) is 0 Å². The van der Waals surface area contributed by atoms with Crippen LogP contribution in [-0.2, 0) is 4.74 Å². The molecule has 1 aliphatic rings. The standard InChI is InChI=1S/C14H30N2O/c1-14(2,3)15-9-5-6-10-16-11-7-8-13(12-16)17-4/h13,15H,5-12H2,1-4H3. The second-order valence-electron chi connectivity index (χ2n) is 6.18. The molecule has 0 radical (unpaired) electrons. The third-order valence-corrected chi connectivity index (χ3v) is 3.35. The molecule has 1 aliphatic heterocycles. The molecule has 0 spiro atoms. The van der Waals surface area contributed by atoms with Crippen molar-refractivity contribution in [1.29, 1.82) is 0 Å². The van der Waals surface area contributed by atoms with Gasteiger partial charge < -0.3 is 15.0 Å². The van der Waals surface area contributed by atoms with Crippen molar-refractivity contribution < 1.29 is 4.74 Å². The lowest BCUT2D eigenvalue weighted by molar-refractivity contribution is 0.0309. The van der Waals surface area contributed by atoms with E-state index in [4.69, 9.17) is 4.74 Å². The Morgan fingerprint density at radius 3 is 2.71 bits per heavy atom. The van der Waals surface area contributed by atoms with E-state index in [-0.39, 0.29) is 5.54 Å². The lowest BCUT2D eigenvalue weighted by Gasteiger charge is -2.31. The summed E-state index contributed by atoms with van der Waals surface area (Å²) < 4.78 is 5.44. The molecular formula is C14H30N2O. The van der Waals surface area contributed by atoms with E-state index in [0.717, 1.165) is 13.1 Å². The van der Waals surface area contributed by atoms with Crippen molar-refractivity contribution in [2.75, 3.05) is 33.3 Å². The monoisotopic (exact) mass is 242 g/mol. The number of piperidine rings is 1. The first-order valence-electron chi connectivity index (χ1n) is 7.01. The molecule has 1 heterocycles. The van der Waals surface area contributed by atoms with Gasteiger partial charge in [-0.15, -0.1) is 0 Å². The highest BCUT2D eigenvalue weighted by Crippen LogP contribution is 2.12. The average molecular weight is 242 g/mol. The zero-order valence-electron chi connectivity index (χ0n) is 12.1. The maximum atomic E-state index is 5.44. The third kappa shape index (κ3) is 7.02. The second-order valence-corrected chi connectivity index (χ2v) is 6.18. The first-order valence-corrected chi connectivity index (χ1v) is 7.01. The fraction of sp³-hybridized carbons (Fsp3) is 1.00. The van der Waals surface area contributed by atoms with Crippen LogP contribution in [0, 0.1) is 0 Å². The molecule has 3 heteroatoms. The number of nitrogens with one attached hydrogen (secondary N) is 1. The normalized spacial score (nSPS) is 22.9. The molecule has 0 bridgehead atoms. The smallest absolute Gasteiger partial charge is 0.0698 e. The van der Waals surface area contributed by atoms with Crippen LogP contribution in [0.5, 0.6) is 0 Å². The molecule has 1 atom stereocenters. The van der Waals surface area contributed by atoms with Crippen LogP contribution in [0.2, 0.25) is 0 Å². The number of hydrogen-bond donors (Lipinski definition) is 1. The molecule has 0 saturated carbocycles. The molecule has 0 aromatic carbocycles. The number of ether oxygens (including phenoxy) is 1. The number of nitrogens with zero attached hydrogens (tertiary/aromatic N) is 1. The summed E-state index contributed by atoms with van der Waals surface area (Å²) in [5.74, 6) is 0. The van der Waals surface area contributed by atoms with Crippen molar-refractivity contribution in [3.05, 3.63) is 0 Å². The molecule has 17 heavy (non-hydrogen) atoms. The predicted octanol–water partition coefficient (Wildman–Crippen LogP) is 2.27. The highest BCUT2D eigenvalue weighted by Gasteiger charge is 2.18. The Balaban J connectivity index is 2.02. The zero-order valence-corrected chi connectivity index (χ0v) is 12.1. The lowest BCUT2D eigenvalue weighted by atomic mass is 10.1. The van der Waals surface area contributed by atoms with E-state index in [2.05, 4.69) is 31.0 Å². The molecule has 0 aromatic rings. The van der Waals surface area contributed by atoms with Gasteiger partial charge >= 0.3 is 0 Å². The van der Waals surface area contributed by atoms with E-state index < -0.39 is 0 Å².